The van der Waals surface area contributed by atoms with E-state index < -0.39 is 18.2 Å². The highest BCUT2D eigenvalue weighted by Gasteiger charge is 2.36. The van der Waals surface area contributed by atoms with Gasteiger partial charge in [0.2, 0.25) is 0 Å². The Morgan fingerprint density at radius 2 is 2.15 bits per heavy atom. The molecule has 5 rings (SSSR count). The van der Waals surface area contributed by atoms with Gasteiger partial charge in [0, 0.05) is 46.8 Å². The van der Waals surface area contributed by atoms with E-state index in [0.29, 0.717) is 24.2 Å². The second kappa shape index (κ2) is 8.76. The summed E-state index contributed by atoms with van der Waals surface area (Å²) in [5.74, 6) is -0.462. The fourth-order valence-electron chi connectivity index (χ4n) is 5.58. The van der Waals surface area contributed by atoms with E-state index in [1.54, 1.807) is 6.07 Å². The molecule has 2 aromatic heterocycles. The molecule has 7 nitrogen and oxygen atoms in total. The first-order valence-electron chi connectivity index (χ1n) is 11.6. The van der Waals surface area contributed by atoms with E-state index in [-0.39, 0.29) is 12.0 Å². The zero-order valence-corrected chi connectivity index (χ0v) is 18.6. The topological polar surface area (TPSA) is 103 Å². The molecular formula is C25H28FN3O4. The van der Waals surface area contributed by atoms with Crippen molar-refractivity contribution in [3.05, 3.63) is 53.2 Å². The molecular weight excluding hydrogens is 425 g/mol. The van der Waals surface area contributed by atoms with Crippen molar-refractivity contribution >= 4 is 16.9 Å². The predicted molar refractivity (Wildman–Crippen MR) is 121 cm³/mol. The minimum absolute atomic E-state index is 0.0130. The highest BCUT2D eigenvalue weighted by Crippen LogP contribution is 2.39. The van der Waals surface area contributed by atoms with Crippen molar-refractivity contribution in [1.82, 2.24) is 15.1 Å². The van der Waals surface area contributed by atoms with Crippen LogP contribution in [0, 0.1) is 6.01 Å². The molecule has 1 aliphatic heterocycles. The number of carboxylic acid groups (broad SMARTS) is 1. The fraction of sp³-hybridized carbons (Fsp3) is 0.440. The van der Waals surface area contributed by atoms with Gasteiger partial charge >= 0.3 is 5.97 Å². The summed E-state index contributed by atoms with van der Waals surface area (Å²) >= 11 is 0. The van der Waals surface area contributed by atoms with Gasteiger partial charge in [-0.05, 0) is 56.2 Å². The molecule has 174 valence electrons. The van der Waals surface area contributed by atoms with Crippen LogP contribution in [0.5, 0.6) is 0 Å². The van der Waals surface area contributed by atoms with E-state index in [1.807, 2.05) is 25.1 Å². The molecule has 1 aliphatic carbocycles. The predicted octanol–water partition coefficient (Wildman–Crippen LogP) is 4.80. The van der Waals surface area contributed by atoms with Crippen LogP contribution in [0.4, 0.5) is 4.39 Å². The van der Waals surface area contributed by atoms with Gasteiger partial charge in [-0.15, -0.1) is 0 Å². The first-order chi connectivity index (χ1) is 15.9. The summed E-state index contributed by atoms with van der Waals surface area (Å²) in [5, 5.41) is 29.2. The molecule has 33 heavy (non-hydrogen) atoms. The number of rotatable bonds is 6. The molecule has 3 unspecified atom stereocenters. The second-order valence-electron chi connectivity index (χ2n) is 9.12. The smallest absolute Gasteiger partial charge is 0.331 e. The maximum absolute atomic E-state index is 13.5. The summed E-state index contributed by atoms with van der Waals surface area (Å²) in [4.78, 5) is 13.8. The molecule has 3 atom stereocenters. The Morgan fingerprint density at radius 3 is 2.91 bits per heavy atom. The minimum Gasteiger partial charge on any atom is -0.478 e. The van der Waals surface area contributed by atoms with Gasteiger partial charge in [-0.25, -0.2) is 4.79 Å². The number of aromatic amines is 1. The van der Waals surface area contributed by atoms with Crippen molar-refractivity contribution in [3.8, 4) is 11.3 Å². The number of aliphatic carboxylic acids is 1. The van der Waals surface area contributed by atoms with Gasteiger partial charge in [0.05, 0.1) is 5.52 Å². The number of hydrogen-bond acceptors (Lipinski definition) is 5. The maximum atomic E-state index is 13.5. The van der Waals surface area contributed by atoms with Gasteiger partial charge in [0.15, 0.2) is 0 Å². The van der Waals surface area contributed by atoms with E-state index in [4.69, 9.17) is 4.42 Å². The average molecular weight is 454 g/mol. The number of nitrogens with zero attached hydrogens (tertiary/aromatic N) is 2. The zero-order valence-electron chi connectivity index (χ0n) is 18.6. The Kier molecular flexibility index (Phi) is 5.80. The highest BCUT2D eigenvalue weighted by atomic mass is 19.1. The summed E-state index contributed by atoms with van der Waals surface area (Å²) in [6, 6.07) is 7.85. The lowest BCUT2D eigenvalue weighted by molar-refractivity contribution is -0.133. The number of halogens is 1. The number of likely N-dealkylation sites (tertiary alicyclic amines) is 1. The van der Waals surface area contributed by atoms with Gasteiger partial charge in [-0.1, -0.05) is 19.1 Å². The van der Waals surface area contributed by atoms with Gasteiger partial charge in [0.1, 0.15) is 12.0 Å². The first-order valence-corrected chi connectivity index (χ1v) is 11.6. The van der Waals surface area contributed by atoms with E-state index in [2.05, 4.69) is 15.1 Å². The van der Waals surface area contributed by atoms with Gasteiger partial charge < -0.3 is 14.6 Å². The Morgan fingerprint density at radius 1 is 1.30 bits per heavy atom. The lowest BCUT2D eigenvalue weighted by atomic mass is 9.81. The number of aliphatic hydroxyl groups is 1. The lowest BCUT2D eigenvalue weighted by Gasteiger charge is -2.43. The van der Waals surface area contributed by atoms with Crippen LogP contribution in [0.3, 0.4) is 0 Å². The third kappa shape index (κ3) is 3.98. The monoisotopic (exact) mass is 453 g/mol. The molecule has 3 aromatic rings. The molecule has 3 N–H and O–H groups in total. The fourth-order valence-corrected chi connectivity index (χ4v) is 5.58. The number of hydrogen-bond donors (Lipinski definition) is 3. The quantitative estimate of drug-likeness (QED) is 0.495. The van der Waals surface area contributed by atoms with E-state index in [1.165, 1.54) is 6.07 Å². The van der Waals surface area contributed by atoms with Crippen molar-refractivity contribution in [2.75, 3.05) is 6.54 Å². The number of H-pyrrole nitrogens is 1. The Bertz CT molecular complexity index is 1210. The van der Waals surface area contributed by atoms with Crippen LogP contribution in [0.2, 0.25) is 0 Å². The van der Waals surface area contributed by atoms with Crippen LogP contribution >= 0.6 is 0 Å². The van der Waals surface area contributed by atoms with Crippen molar-refractivity contribution in [1.29, 1.82) is 0 Å². The molecule has 1 fully saturated rings. The molecule has 0 radical (unpaired) electrons. The molecule has 2 aliphatic rings. The SMILES string of the molecule is CC(CC(O)N1CCCC2=C(C(=O)O)CCCC21)c1[nH]nc2cccc(-c3ccc(F)o3)c12. The van der Waals surface area contributed by atoms with Crippen LogP contribution in [-0.2, 0) is 4.79 Å². The van der Waals surface area contributed by atoms with Crippen LogP contribution in [0.15, 0.2) is 45.9 Å². The Labute approximate surface area is 190 Å². The van der Waals surface area contributed by atoms with Crippen molar-refractivity contribution in [2.45, 2.75) is 63.6 Å². The largest absolute Gasteiger partial charge is 0.478 e. The van der Waals surface area contributed by atoms with E-state index in [0.717, 1.165) is 60.0 Å². The third-order valence-corrected chi connectivity index (χ3v) is 7.10. The van der Waals surface area contributed by atoms with Crippen LogP contribution < -0.4 is 0 Å². The van der Waals surface area contributed by atoms with E-state index in [9.17, 15) is 19.4 Å². The van der Waals surface area contributed by atoms with Crippen LogP contribution in [0.1, 0.15) is 57.1 Å². The minimum atomic E-state index is -0.828. The zero-order chi connectivity index (χ0) is 23.1. The van der Waals surface area contributed by atoms with Crippen LogP contribution in [0.25, 0.3) is 22.2 Å². The van der Waals surface area contributed by atoms with Gasteiger partial charge in [-0.2, -0.15) is 9.49 Å². The number of furan rings is 1. The summed E-state index contributed by atoms with van der Waals surface area (Å²) in [5.41, 5.74) is 3.89. The van der Waals surface area contributed by atoms with Crippen molar-refractivity contribution in [2.24, 2.45) is 0 Å². The summed E-state index contributed by atoms with van der Waals surface area (Å²) in [6.07, 6.45) is 3.69. The molecule has 0 spiro atoms. The van der Waals surface area contributed by atoms with Crippen molar-refractivity contribution in [3.63, 3.8) is 0 Å². The summed E-state index contributed by atoms with van der Waals surface area (Å²) in [6.45, 7) is 2.77. The first kappa shape index (κ1) is 21.9. The summed E-state index contributed by atoms with van der Waals surface area (Å²) in [7, 11) is 0. The number of fused-ring (bicyclic) bond motifs is 2. The second-order valence-corrected chi connectivity index (χ2v) is 9.12. The van der Waals surface area contributed by atoms with Crippen LogP contribution in [-0.4, -0.2) is 50.1 Å². The number of piperidine rings is 1. The molecule has 0 amide bonds. The molecule has 1 saturated heterocycles. The highest BCUT2D eigenvalue weighted by molar-refractivity contribution is 5.95. The van der Waals surface area contributed by atoms with E-state index >= 15 is 0 Å². The molecule has 0 saturated carbocycles. The maximum Gasteiger partial charge on any atom is 0.331 e. The Hall–Kier alpha value is -2.97. The lowest BCUT2D eigenvalue weighted by Crippen LogP contribution is -2.49. The Balaban J connectivity index is 1.42. The number of aromatic nitrogens is 2. The number of carbonyl (C=O) groups is 1. The molecule has 0 bridgehead atoms. The summed E-state index contributed by atoms with van der Waals surface area (Å²) < 4.78 is 18.7. The number of aliphatic hydroxyl groups excluding tert-OH is 1. The van der Waals surface area contributed by atoms with Crippen molar-refractivity contribution < 1.29 is 23.8 Å². The average Bonchev–Trinajstić information content (AvgIpc) is 3.44. The number of nitrogens with one attached hydrogen (secondary N) is 1. The molecule has 1 aromatic carbocycles. The standard InChI is InChI=1S/C25H28FN3O4/c1-14(13-22(30)29-12-4-7-15-16(25(31)32)5-3-9-19(15)29)24-23-17(20-10-11-21(26)33-20)6-2-8-18(23)27-28-24/h2,6,8,10-11,14,19,22,30H,3-5,7,9,12-13H2,1H3,(H,27,28)(H,31,32). The number of carboxylic acids is 1. The molecule has 8 heteroatoms. The normalized spacial score (nSPS) is 21.2. The van der Waals surface area contributed by atoms with Gasteiger partial charge in [-0.3, -0.25) is 10.00 Å². The van der Waals surface area contributed by atoms with Gasteiger partial charge in [0.25, 0.3) is 6.01 Å². The number of benzene rings is 1. The molecule has 3 heterocycles. The third-order valence-electron chi connectivity index (χ3n) is 7.10.